The normalized spacial score (nSPS) is 11.0. The number of rotatable bonds is 0. The number of benzene rings is 2. The van der Waals surface area contributed by atoms with Crippen molar-refractivity contribution in [3.8, 4) is 0 Å². The third-order valence-electron chi connectivity index (χ3n) is 2.75. The molecule has 15 heavy (non-hydrogen) atoms. The fraction of sp³-hybridized carbons (Fsp3) is 0.0714. The molecule has 0 bridgehead atoms. The first-order chi connectivity index (χ1) is 7.33. The smallest absolute Gasteiger partial charge is 0.0346 e. The van der Waals surface area contributed by atoms with Gasteiger partial charge in [0.25, 0.3) is 0 Å². The summed E-state index contributed by atoms with van der Waals surface area (Å²) in [7, 11) is 0. The summed E-state index contributed by atoms with van der Waals surface area (Å²) >= 11 is 0. The number of nitrogens with zero attached hydrogens (tertiary/aromatic N) is 1. The average Bonchev–Trinajstić information content (AvgIpc) is 2.26. The fourth-order valence-electron chi connectivity index (χ4n) is 1.96. The van der Waals surface area contributed by atoms with Crippen LogP contribution in [0.4, 0.5) is 0 Å². The number of fused-ring (bicyclic) bond motifs is 2. The van der Waals surface area contributed by atoms with Crippen LogP contribution in [0.2, 0.25) is 0 Å². The standard InChI is InChI=1S/C14H11N/c1-10-2-3-11-7-12-4-5-15-9-14(12)8-13(11)6-10/h2-9H,1H3. The third-order valence-corrected chi connectivity index (χ3v) is 2.75. The Morgan fingerprint density at radius 2 is 1.60 bits per heavy atom. The molecule has 0 atom stereocenters. The van der Waals surface area contributed by atoms with Gasteiger partial charge in [0.15, 0.2) is 0 Å². The maximum absolute atomic E-state index is 4.14. The van der Waals surface area contributed by atoms with Gasteiger partial charge in [-0.2, -0.15) is 0 Å². The predicted molar refractivity (Wildman–Crippen MR) is 64.0 cm³/mol. The molecule has 0 fully saturated rings. The first-order valence-electron chi connectivity index (χ1n) is 5.07. The Kier molecular flexibility index (Phi) is 1.72. The Morgan fingerprint density at radius 1 is 0.800 bits per heavy atom. The van der Waals surface area contributed by atoms with Crippen molar-refractivity contribution >= 4 is 21.5 Å². The Bertz CT molecular complexity index is 641. The van der Waals surface area contributed by atoms with Crippen molar-refractivity contribution in [2.24, 2.45) is 0 Å². The van der Waals surface area contributed by atoms with Gasteiger partial charge in [-0.25, -0.2) is 0 Å². The summed E-state index contributed by atoms with van der Waals surface area (Å²) in [4.78, 5) is 4.14. The maximum Gasteiger partial charge on any atom is 0.0346 e. The van der Waals surface area contributed by atoms with E-state index in [2.05, 4.69) is 48.3 Å². The Hall–Kier alpha value is -1.89. The molecule has 1 nitrogen and oxygen atoms in total. The lowest BCUT2D eigenvalue weighted by Crippen LogP contribution is -1.79. The minimum atomic E-state index is 1.20. The van der Waals surface area contributed by atoms with E-state index in [-0.39, 0.29) is 0 Å². The lowest BCUT2D eigenvalue weighted by molar-refractivity contribution is 1.37. The molecule has 1 heteroatoms. The zero-order valence-corrected chi connectivity index (χ0v) is 8.57. The van der Waals surface area contributed by atoms with Gasteiger partial charge in [0.2, 0.25) is 0 Å². The molecule has 0 aliphatic rings. The number of pyridine rings is 1. The van der Waals surface area contributed by atoms with Crippen molar-refractivity contribution < 1.29 is 0 Å². The maximum atomic E-state index is 4.14. The summed E-state index contributed by atoms with van der Waals surface area (Å²) in [5.74, 6) is 0. The van der Waals surface area contributed by atoms with Crippen molar-refractivity contribution in [2.45, 2.75) is 6.92 Å². The highest BCUT2D eigenvalue weighted by atomic mass is 14.6. The summed E-state index contributed by atoms with van der Waals surface area (Å²) < 4.78 is 0. The molecule has 0 radical (unpaired) electrons. The summed E-state index contributed by atoms with van der Waals surface area (Å²) in [6.45, 7) is 2.12. The summed E-state index contributed by atoms with van der Waals surface area (Å²) in [6.07, 6.45) is 3.75. The molecule has 0 aliphatic carbocycles. The second-order valence-corrected chi connectivity index (χ2v) is 3.93. The van der Waals surface area contributed by atoms with Crippen LogP contribution in [-0.4, -0.2) is 4.98 Å². The van der Waals surface area contributed by atoms with E-state index in [9.17, 15) is 0 Å². The van der Waals surface area contributed by atoms with Crippen LogP contribution in [0.5, 0.6) is 0 Å². The van der Waals surface area contributed by atoms with E-state index in [1.165, 1.54) is 27.1 Å². The van der Waals surface area contributed by atoms with Gasteiger partial charge < -0.3 is 0 Å². The van der Waals surface area contributed by atoms with Crippen molar-refractivity contribution in [2.75, 3.05) is 0 Å². The topological polar surface area (TPSA) is 12.9 Å². The molecule has 0 spiro atoms. The number of aromatic nitrogens is 1. The average molecular weight is 193 g/mol. The van der Waals surface area contributed by atoms with Crippen LogP contribution in [0.1, 0.15) is 5.56 Å². The highest BCUT2D eigenvalue weighted by Gasteiger charge is 1.97. The van der Waals surface area contributed by atoms with Crippen molar-refractivity contribution in [3.63, 3.8) is 0 Å². The molecule has 3 aromatic rings. The molecule has 1 aromatic heterocycles. The van der Waals surface area contributed by atoms with Crippen molar-refractivity contribution in [1.82, 2.24) is 4.98 Å². The Labute approximate surface area is 88.4 Å². The molecule has 0 saturated heterocycles. The number of aryl methyl sites for hydroxylation is 1. The second kappa shape index (κ2) is 3.06. The number of hydrogen-bond acceptors (Lipinski definition) is 1. The van der Waals surface area contributed by atoms with Crippen molar-refractivity contribution in [3.05, 3.63) is 54.4 Å². The van der Waals surface area contributed by atoms with E-state index in [1.54, 1.807) is 0 Å². The molecule has 0 unspecified atom stereocenters. The molecule has 3 rings (SSSR count). The monoisotopic (exact) mass is 193 g/mol. The van der Waals surface area contributed by atoms with E-state index in [0.717, 1.165) is 0 Å². The first kappa shape index (κ1) is 8.42. The van der Waals surface area contributed by atoms with E-state index in [1.807, 2.05) is 12.4 Å². The molecule has 1 heterocycles. The zero-order chi connectivity index (χ0) is 10.3. The lowest BCUT2D eigenvalue weighted by atomic mass is 10.0. The van der Waals surface area contributed by atoms with Crippen LogP contribution < -0.4 is 0 Å². The highest BCUT2D eigenvalue weighted by Crippen LogP contribution is 2.22. The van der Waals surface area contributed by atoms with Crippen LogP contribution in [0.25, 0.3) is 21.5 Å². The van der Waals surface area contributed by atoms with Gasteiger partial charge in [0, 0.05) is 17.8 Å². The van der Waals surface area contributed by atoms with Crippen LogP contribution in [0, 0.1) is 6.92 Å². The highest BCUT2D eigenvalue weighted by molar-refractivity contribution is 5.97. The fourth-order valence-corrected chi connectivity index (χ4v) is 1.96. The minimum absolute atomic E-state index is 1.20. The number of hydrogen-bond donors (Lipinski definition) is 0. The van der Waals surface area contributed by atoms with Gasteiger partial charge in [-0.3, -0.25) is 4.98 Å². The quantitative estimate of drug-likeness (QED) is 0.496. The van der Waals surface area contributed by atoms with Gasteiger partial charge in [-0.05, 0) is 41.3 Å². The van der Waals surface area contributed by atoms with Crippen LogP contribution in [0.15, 0.2) is 48.8 Å². The zero-order valence-electron chi connectivity index (χ0n) is 8.57. The second-order valence-electron chi connectivity index (χ2n) is 3.93. The molecule has 0 aliphatic heterocycles. The van der Waals surface area contributed by atoms with Gasteiger partial charge >= 0.3 is 0 Å². The van der Waals surface area contributed by atoms with E-state index < -0.39 is 0 Å². The first-order valence-corrected chi connectivity index (χ1v) is 5.07. The predicted octanol–water partition coefficient (Wildman–Crippen LogP) is 3.70. The van der Waals surface area contributed by atoms with Crippen LogP contribution in [0.3, 0.4) is 0 Å². The minimum Gasteiger partial charge on any atom is -0.264 e. The molecule has 0 amide bonds. The van der Waals surface area contributed by atoms with Crippen molar-refractivity contribution in [1.29, 1.82) is 0 Å². The largest absolute Gasteiger partial charge is 0.264 e. The molecule has 2 aromatic carbocycles. The van der Waals surface area contributed by atoms with E-state index in [4.69, 9.17) is 0 Å². The molecular weight excluding hydrogens is 182 g/mol. The van der Waals surface area contributed by atoms with Gasteiger partial charge in [-0.1, -0.05) is 23.8 Å². The van der Waals surface area contributed by atoms with Crippen LogP contribution in [-0.2, 0) is 0 Å². The van der Waals surface area contributed by atoms with Crippen LogP contribution >= 0.6 is 0 Å². The lowest BCUT2D eigenvalue weighted by Gasteiger charge is -2.02. The van der Waals surface area contributed by atoms with Gasteiger partial charge in [-0.15, -0.1) is 0 Å². The van der Waals surface area contributed by atoms with Gasteiger partial charge in [0.1, 0.15) is 0 Å². The Balaban J connectivity index is 2.47. The summed E-state index contributed by atoms with van der Waals surface area (Å²) in [5, 5.41) is 5.03. The molecule has 0 N–H and O–H groups in total. The third kappa shape index (κ3) is 1.37. The van der Waals surface area contributed by atoms with E-state index in [0.29, 0.717) is 0 Å². The Morgan fingerprint density at radius 3 is 2.53 bits per heavy atom. The SMILES string of the molecule is Cc1ccc2cc3ccncc3cc2c1. The molecular formula is C14H11N. The van der Waals surface area contributed by atoms with E-state index >= 15 is 0 Å². The molecule has 0 saturated carbocycles. The molecule has 72 valence electrons. The summed E-state index contributed by atoms with van der Waals surface area (Å²) in [5.41, 5.74) is 1.30. The van der Waals surface area contributed by atoms with Gasteiger partial charge in [0.05, 0.1) is 0 Å². The summed E-state index contributed by atoms with van der Waals surface area (Å²) in [6, 6.07) is 13.0.